The second-order valence-corrected chi connectivity index (χ2v) is 6.62. The third-order valence-electron chi connectivity index (χ3n) is 3.91. The van der Waals surface area contributed by atoms with E-state index in [4.69, 9.17) is 21.2 Å². The zero-order chi connectivity index (χ0) is 18.8. The molecule has 0 radical (unpaired) electrons. The van der Waals surface area contributed by atoms with Gasteiger partial charge in [-0.2, -0.15) is 15.0 Å². The first-order valence-corrected chi connectivity index (χ1v) is 9.13. The maximum Gasteiger partial charge on any atom is 0.225 e. The molecule has 0 bridgehead atoms. The topological polar surface area (TPSA) is 118 Å². The smallest absolute Gasteiger partial charge is 0.225 e. The van der Waals surface area contributed by atoms with Gasteiger partial charge in [0.2, 0.25) is 11.9 Å². The highest BCUT2D eigenvalue weighted by molar-refractivity contribution is 7.98. The van der Waals surface area contributed by atoms with Crippen molar-refractivity contribution in [1.29, 1.82) is 0 Å². The molecule has 4 rings (SSSR count). The highest BCUT2D eigenvalue weighted by atomic mass is 32.2. The Morgan fingerprint density at radius 3 is 2.33 bits per heavy atom. The van der Waals surface area contributed by atoms with Crippen molar-refractivity contribution in [2.45, 2.75) is 10.9 Å². The Labute approximate surface area is 159 Å². The number of hydrogen-bond acceptors (Lipinski definition) is 8. The van der Waals surface area contributed by atoms with Gasteiger partial charge in [0.25, 0.3) is 0 Å². The average molecular weight is 379 g/mol. The molecule has 0 atom stereocenters. The number of thioether (sulfide) groups is 1. The van der Waals surface area contributed by atoms with E-state index < -0.39 is 0 Å². The van der Waals surface area contributed by atoms with Crippen LogP contribution >= 0.6 is 11.8 Å². The van der Waals surface area contributed by atoms with E-state index >= 15 is 0 Å². The second kappa shape index (κ2) is 7.12. The summed E-state index contributed by atoms with van der Waals surface area (Å²) in [7, 11) is 1.65. The standard InChI is InChI=1S/C18H17N7OS/c1-26-12-8-6-11(7-9-12)25-14-5-3-2-4-13(14)21-18(25)27-10-15-22-16(19)24-17(20)23-15/h2-9H,10H2,1H3,(H4,19,20,22,23,24). The summed E-state index contributed by atoms with van der Waals surface area (Å²) >= 11 is 1.50. The molecule has 4 aromatic rings. The molecule has 27 heavy (non-hydrogen) atoms. The van der Waals surface area contributed by atoms with Crippen molar-refractivity contribution < 1.29 is 4.74 Å². The van der Waals surface area contributed by atoms with Crippen molar-refractivity contribution in [2.24, 2.45) is 0 Å². The number of rotatable bonds is 5. The Hall–Kier alpha value is -3.33. The summed E-state index contributed by atoms with van der Waals surface area (Å²) < 4.78 is 7.35. The number of ether oxygens (including phenoxy) is 1. The average Bonchev–Trinajstić information content (AvgIpc) is 3.04. The lowest BCUT2D eigenvalue weighted by molar-refractivity contribution is 0.414. The van der Waals surface area contributed by atoms with Gasteiger partial charge in [-0.25, -0.2) is 4.98 Å². The first-order valence-electron chi connectivity index (χ1n) is 8.14. The number of para-hydroxylation sites is 2. The quantitative estimate of drug-likeness (QED) is 0.508. The predicted octanol–water partition coefficient (Wildman–Crippen LogP) is 2.68. The van der Waals surface area contributed by atoms with E-state index in [1.165, 1.54) is 11.8 Å². The van der Waals surface area contributed by atoms with E-state index in [0.717, 1.165) is 27.6 Å². The van der Waals surface area contributed by atoms with Crippen LogP contribution in [0, 0.1) is 0 Å². The third-order valence-corrected chi connectivity index (χ3v) is 4.84. The number of fused-ring (bicyclic) bond motifs is 1. The molecule has 2 heterocycles. The molecule has 0 amide bonds. The summed E-state index contributed by atoms with van der Waals surface area (Å²) in [5, 5.41) is 0.818. The van der Waals surface area contributed by atoms with Gasteiger partial charge < -0.3 is 16.2 Å². The van der Waals surface area contributed by atoms with Gasteiger partial charge in [0.15, 0.2) is 5.16 Å². The zero-order valence-corrected chi connectivity index (χ0v) is 15.3. The van der Waals surface area contributed by atoms with Crippen molar-refractivity contribution in [3.05, 3.63) is 54.4 Å². The monoisotopic (exact) mass is 379 g/mol. The fourth-order valence-corrected chi connectivity index (χ4v) is 3.62. The molecule has 0 saturated heterocycles. The van der Waals surface area contributed by atoms with Crippen LogP contribution in [0.15, 0.2) is 53.7 Å². The van der Waals surface area contributed by atoms with Crippen LogP contribution in [0.25, 0.3) is 16.7 Å². The Morgan fingerprint density at radius 2 is 1.63 bits per heavy atom. The number of nitrogens with zero attached hydrogens (tertiary/aromatic N) is 5. The molecule has 0 spiro atoms. The molecule has 0 fully saturated rings. The third kappa shape index (κ3) is 3.49. The fourth-order valence-electron chi connectivity index (χ4n) is 2.73. The molecule has 0 aliphatic heterocycles. The SMILES string of the molecule is COc1ccc(-n2c(SCc3nc(N)nc(N)n3)nc3ccccc32)cc1. The van der Waals surface area contributed by atoms with Gasteiger partial charge in [0, 0.05) is 5.69 Å². The van der Waals surface area contributed by atoms with Crippen LogP contribution in [0.1, 0.15) is 5.82 Å². The zero-order valence-electron chi connectivity index (χ0n) is 14.5. The van der Waals surface area contributed by atoms with Gasteiger partial charge in [-0.05, 0) is 36.4 Å². The number of methoxy groups -OCH3 is 1. The van der Waals surface area contributed by atoms with E-state index in [0.29, 0.717) is 11.6 Å². The van der Waals surface area contributed by atoms with E-state index in [1.807, 2.05) is 48.5 Å². The van der Waals surface area contributed by atoms with Crippen LogP contribution in [-0.4, -0.2) is 31.6 Å². The molecule has 0 aliphatic carbocycles. The summed E-state index contributed by atoms with van der Waals surface area (Å²) in [6, 6.07) is 15.8. The van der Waals surface area contributed by atoms with E-state index in [9.17, 15) is 0 Å². The molecule has 9 heteroatoms. The van der Waals surface area contributed by atoms with Gasteiger partial charge >= 0.3 is 0 Å². The van der Waals surface area contributed by atoms with Crippen LogP contribution in [0.4, 0.5) is 11.9 Å². The van der Waals surface area contributed by atoms with Crippen molar-refractivity contribution >= 4 is 34.7 Å². The highest BCUT2D eigenvalue weighted by Gasteiger charge is 2.14. The van der Waals surface area contributed by atoms with Gasteiger partial charge in [-0.1, -0.05) is 23.9 Å². The lowest BCUT2D eigenvalue weighted by Gasteiger charge is -2.10. The Morgan fingerprint density at radius 1 is 0.926 bits per heavy atom. The number of nitrogens with two attached hydrogens (primary N) is 2. The minimum atomic E-state index is 0.113. The van der Waals surface area contributed by atoms with Crippen LogP contribution in [0.5, 0.6) is 5.75 Å². The largest absolute Gasteiger partial charge is 0.497 e. The van der Waals surface area contributed by atoms with Crippen molar-refractivity contribution in [1.82, 2.24) is 24.5 Å². The predicted molar refractivity (Wildman–Crippen MR) is 106 cm³/mol. The molecule has 2 aromatic carbocycles. The number of nitrogen functional groups attached to an aromatic ring is 2. The fraction of sp³-hybridized carbons (Fsp3) is 0.111. The summed E-state index contributed by atoms with van der Waals surface area (Å²) in [5.41, 5.74) is 14.2. The summed E-state index contributed by atoms with van der Waals surface area (Å²) in [6.07, 6.45) is 0. The minimum absolute atomic E-state index is 0.113. The normalized spacial score (nSPS) is 11.0. The first kappa shape index (κ1) is 17.1. The molecular weight excluding hydrogens is 362 g/mol. The van der Waals surface area contributed by atoms with E-state index in [-0.39, 0.29) is 11.9 Å². The molecular formula is C18H17N7OS. The second-order valence-electron chi connectivity index (χ2n) is 5.67. The summed E-state index contributed by atoms with van der Waals surface area (Å²) in [4.78, 5) is 16.8. The molecule has 0 aliphatic rings. The van der Waals surface area contributed by atoms with Gasteiger partial charge in [0.05, 0.1) is 23.9 Å². The lowest BCUT2D eigenvalue weighted by atomic mass is 10.2. The molecule has 2 aromatic heterocycles. The minimum Gasteiger partial charge on any atom is -0.497 e. The number of aromatic nitrogens is 5. The van der Waals surface area contributed by atoms with Gasteiger partial charge in [-0.15, -0.1) is 0 Å². The van der Waals surface area contributed by atoms with E-state index in [1.54, 1.807) is 7.11 Å². The summed E-state index contributed by atoms with van der Waals surface area (Å²) in [5.74, 6) is 2.01. The maximum atomic E-state index is 5.65. The van der Waals surface area contributed by atoms with Crippen molar-refractivity contribution in [3.63, 3.8) is 0 Å². The van der Waals surface area contributed by atoms with Gasteiger partial charge in [-0.3, -0.25) is 4.57 Å². The summed E-state index contributed by atoms with van der Waals surface area (Å²) in [6.45, 7) is 0. The molecule has 0 saturated carbocycles. The van der Waals surface area contributed by atoms with Crippen LogP contribution in [0.3, 0.4) is 0 Å². The van der Waals surface area contributed by atoms with Crippen molar-refractivity contribution in [3.8, 4) is 11.4 Å². The Bertz CT molecular complexity index is 1070. The van der Waals surface area contributed by atoms with E-state index in [2.05, 4.69) is 19.5 Å². The number of imidazole rings is 1. The molecule has 4 N–H and O–H groups in total. The molecule has 136 valence electrons. The number of benzene rings is 2. The molecule has 8 nitrogen and oxygen atoms in total. The lowest BCUT2D eigenvalue weighted by Crippen LogP contribution is -2.06. The van der Waals surface area contributed by atoms with Gasteiger partial charge in [0.1, 0.15) is 11.6 Å². The van der Waals surface area contributed by atoms with Crippen LogP contribution in [0.2, 0.25) is 0 Å². The number of anilines is 2. The Balaban J connectivity index is 1.73. The van der Waals surface area contributed by atoms with Crippen LogP contribution < -0.4 is 16.2 Å². The highest BCUT2D eigenvalue weighted by Crippen LogP contribution is 2.30. The van der Waals surface area contributed by atoms with Crippen molar-refractivity contribution in [2.75, 3.05) is 18.6 Å². The number of hydrogen-bond donors (Lipinski definition) is 2. The first-order chi connectivity index (χ1) is 13.1. The van der Waals surface area contributed by atoms with Crippen LogP contribution in [-0.2, 0) is 5.75 Å². The maximum absolute atomic E-state index is 5.65. The Kier molecular flexibility index (Phi) is 4.51. The molecule has 0 unspecified atom stereocenters.